The van der Waals surface area contributed by atoms with E-state index >= 15 is 0 Å². The fourth-order valence-corrected chi connectivity index (χ4v) is 6.07. The van der Waals surface area contributed by atoms with E-state index in [0.717, 1.165) is 9.87 Å². The van der Waals surface area contributed by atoms with Crippen molar-refractivity contribution < 1.29 is 13.2 Å². The number of carbonyl (C=O) groups is 1. The monoisotopic (exact) mass is 554 g/mol. The molecule has 0 fully saturated rings. The first-order valence-corrected chi connectivity index (χ1v) is 13.1. The number of nitrogens with zero attached hydrogens (tertiary/aromatic N) is 2. The molecule has 0 aromatic heterocycles. The second-order valence-corrected chi connectivity index (χ2v) is 12.3. The van der Waals surface area contributed by atoms with Crippen LogP contribution in [0.2, 0.25) is 5.02 Å². The zero-order chi connectivity index (χ0) is 24.7. The van der Waals surface area contributed by atoms with E-state index in [2.05, 4.69) is 4.99 Å². The Kier molecular flexibility index (Phi) is 7.00. The van der Waals surface area contributed by atoms with Gasteiger partial charge in [0.2, 0.25) is 3.79 Å². The maximum atomic E-state index is 13.9. The van der Waals surface area contributed by atoms with Crippen LogP contribution in [0.25, 0.3) is 0 Å². The number of amidine groups is 1. The van der Waals surface area contributed by atoms with Gasteiger partial charge in [0, 0.05) is 10.6 Å². The number of ketones is 1. The predicted molar refractivity (Wildman–Crippen MR) is 137 cm³/mol. The number of hydrogen-bond acceptors (Lipinski definition) is 4. The van der Waals surface area contributed by atoms with Crippen LogP contribution in [0.3, 0.4) is 0 Å². The first-order chi connectivity index (χ1) is 16.0. The molecule has 5 nitrogen and oxygen atoms in total. The van der Waals surface area contributed by atoms with E-state index in [1.807, 2.05) is 6.92 Å². The molecule has 34 heavy (non-hydrogen) atoms. The Balaban J connectivity index is 1.93. The first-order valence-electron chi connectivity index (χ1n) is 10.1. The lowest BCUT2D eigenvalue weighted by molar-refractivity contribution is 0.0915. The van der Waals surface area contributed by atoms with E-state index in [1.165, 1.54) is 24.3 Å². The molecule has 10 heteroatoms. The molecule has 0 aliphatic carbocycles. The second-order valence-electron chi connectivity index (χ2n) is 7.74. The molecule has 0 bridgehead atoms. The van der Waals surface area contributed by atoms with Crippen molar-refractivity contribution in [1.82, 2.24) is 4.31 Å². The fraction of sp³-hybridized carbons (Fsp3) is 0.167. The standard InChI is InChI=1S/C24H18Cl4N2O3S/c1-15-7-13-19(14-8-15)34(32,33)30-21(22(31)17-9-11-18(25)12-10-17)20(16-5-3-2-4-6-16)29-23(30)24(26,27)28/h2-14,20-21H,1H3/t20-,21+/m1/s1. The van der Waals surface area contributed by atoms with Crippen molar-refractivity contribution in [1.29, 1.82) is 0 Å². The number of benzene rings is 3. The highest BCUT2D eigenvalue weighted by molar-refractivity contribution is 7.89. The van der Waals surface area contributed by atoms with Gasteiger partial charge in [0.15, 0.2) is 11.6 Å². The third kappa shape index (κ3) is 4.83. The number of aliphatic imine (C=N–C) groups is 1. The van der Waals surface area contributed by atoms with Crippen LogP contribution in [0.1, 0.15) is 27.5 Å². The smallest absolute Gasteiger partial charge is 0.266 e. The van der Waals surface area contributed by atoms with Crippen molar-refractivity contribution in [2.45, 2.75) is 27.7 Å². The number of aryl methyl sites for hydroxylation is 1. The summed E-state index contributed by atoms with van der Waals surface area (Å²) in [5, 5.41) is 0.435. The van der Waals surface area contributed by atoms with E-state index in [4.69, 9.17) is 46.4 Å². The highest BCUT2D eigenvalue weighted by atomic mass is 35.6. The molecule has 1 heterocycles. The van der Waals surface area contributed by atoms with Gasteiger partial charge in [0.1, 0.15) is 12.1 Å². The highest BCUT2D eigenvalue weighted by Gasteiger charge is 2.53. The van der Waals surface area contributed by atoms with Gasteiger partial charge in [-0.15, -0.1) is 0 Å². The van der Waals surface area contributed by atoms with Crippen molar-refractivity contribution in [3.8, 4) is 0 Å². The summed E-state index contributed by atoms with van der Waals surface area (Å²) in [5.74, 6) is -0.853. The summed E-state index contributed by atoms with van der Waals surface area (Å²) in [4.78, 5) is 18.2. The van der Waals surface area contributed by atoms with E-state index in [-0.39, 0.29) is 16.3 Å². The van der Waals surface area contributed by atoms with Gasteiger partial charge in [-0.1, -0.05) is 94.4 Å². The number of alkyl halides is 3. The Morgan fingerprint density at radius 3 is 2.06 bits per heavy atom. The minimum atomic E-state index is -4.34. The molecule has 1 aliphatic rings. The molecule has 0 saturated heterocycles. The third-order valence-corrected chi connectivity index (χ3v) is 7.94. The Morgan fingerprint density at radius 2 is 1.50 bits per heavy atom. The van der Waals surface area contributed by atoms with Crippen LogP contribution in [-0.4, -0.2) is 34.2 Å². The zero-order valence-electron chi connectivity index (χ0n) is 17.7. The largest absolute Gasteiger partial charge is 0.292 e. The Bertz CT molecular complexity index is 1340. The summed E-state index contributed by atoms with van der Waals surface area (Å²) in [5.41, 5.74) is 1.72. The first kappa shape index (κ1) is 25.0. The maximum Gasteiger partial charge on any atom is 0.266 e. The molecule has 3 aromatic carbocycles. The lowest BCUT2D eigenvalue weighted by atomic mass is 9.94. The summed E-state index contributed by atoms with van der Waals surface area (Å²) in [6, 6.07) is 18.9. The SMILES string of the molecule is Cc1ccc(S(=O)(=O)N2C(C(Cl)(Cl)Cl)=N[C@H](c3ccccc3)[C@H]2C(=O)c2ccc(Cl)cc2)cc1. The van der Waals surface area contributed by atoms with Gasteiger partial charge < -0.3 is 0 Å². The summed E-state index contributed by atoms with van der Waals surface area (Å²) < 4.78 is 26.4. The molecule has 2 atom stereocenters. The highest BCUT2D eigenvalue weighted by Crippen LogP contribution is 2.43. The molecule has 4 rings (SSSR count). The Morgan fingerprint density at radius 1 is 0.912 bits per heavy atom. The maximum absolute atomic E-state index is 13.9. The average molecular weight is 556 g/mol. The molecular formula is C24H18Cl4N2O3S. The van der Waals surface area contributed by atoms with Crippen molar-refractivity contribution in [2.75, 3.05) is 0 Å². The minimum Gasteiger partial charge on any atom is -0.292 e. The lowest BCUT2D eigenvalue weighted by Crippen LogP contribution is -2.49. The van der Waals surface area contributed by atoms with Gasteiger partial charge in [0.25, 0.3) is 10.0 Å². The summed E-state index contributed by atoms with van der Waals surface area (Å²) in [7, 11) is -4.34. The van der Waals surface area contributed by atoms with Crippen molar-refractivity contribution in [3.05, 3.63) is 101 Å². The number of halogens is 4. The van der Waals surface area contributed by atoms with Crippen molar-refractivity contribution in [2.24, 2.45) is 4.99 Å². The molecule has 0 spiro atoms. The van der Waals surface area contributed by atoms with Gasteiger partial charge in [-0.25, -0.2) is 12.7 Å². The average Bonchev–Trinajstić information content (AvgIpc) is 3.22. The van der Waals surface area contributed by atoms with E-state index in [1.54, 1.807) is 54.6 Å². The van der Waals surface area contributed by atoms with Crippen LogP contribution in [-0.2, 0) is 10.0 Å². The van der Waals surface area contributed by atoms with E-state index < -0.39 is 31.7 Å². The summed E-state index contributed by atoms with van der Waals surface area (Å²) in [6.07, 6.45) is 0. The van der Waals surface area contributed by atoms with Gasteiger partial charge in [-0.2, -0.15) is 0 Å². The molecule has 0 saturated carbocycles. The van der Waals surface area contributed by atoms with Crippen molar-refractivity contribution in [3.63, 3.8) is 0 Å². The molecular weight excluding hydrogens is 538 g/mol. The second kappa shape index (κ2) is 9.51. The molecule has 0 N–H and O–H groups in total. The quantitative estimate of drug-likeness (QED) is 0.270. The minimum absolute atomic E-state index is 0.0531. The zero-order valence-corrected chi connectivity index (χ0v) is 21.5. The molecule has 0 amide bonds. The summed E-state index contributed by atoms with van der Waals surface area (Å²) in [6.45, 7) is 1.83. The normalized spacial score (nSPS) is 18.6. The van der Waals surface area contributed by atoms with Gasteiger partial charge in [0.05, 0.1) is 4.90 Å². The van der Waals surface area contributed by atoms with Crippen LogP contribution in [0.15, 0.2) is 88.8 Å². The van der Waals surface area contributed by atoms with Crippen LogP contribution in [0, 0.1) is 6.92 Å². The molecule has 1 aliphatic heterocycles. The van der Waals surface area contributed by atoms with Gasteiger partial charge in [-0.3, -0.25) is 9.79 Å². The van der Waals surface area contributed by atoms with E-state index in [0.29, 0.717) is 10.6 Å². The van der Waals surface area contributed by atoms with E-state index in [9.17, 15) is 13.2 Å². The van der Waals surface area contributed by atoms with Gasteiger partial charge in [-0.05, 0) is 48.9 Å². The lowest BCUT2D eigenvalue weighted by Gasteiger charge is -2.30. The number of carbonyl (C=O) groups excluding carboxylic acids is 1. The predicted octanol–water partition coefficient (Wildman–Crippen LogP) is 6.41. The number of sulfonamides is 1. The fourth-order valence-electron chi connectivity index (χ4n) is 3.75. The van der Waals surface area contributed by atoms with Crippen LogP contribution in [0.5, 0.6) is 0 Å². The third-order valence-electron chi connectivity index (χ3n) is 5.39. The van der Waals surface area contributed by atoms with Crippen LogP contribution >= 0.6 is 46.4 Å². The molecule has 0 radical (unpaired) electrons. The topological polar surface area (TPSA) is 66.8 Å². The Hall–Kier alpha value is -2.09. The molecule has 176 valence electrons. The Labute approximate surface area is 218 Å². The molecule has 0 unspecified atom stereocenters. The summed E-state index contributed by atoms with van der Waals surface area (Å²) >= 11 is 24.6. The van der Waals surface area contributed by atoms with Crippen LogP contribution in [0.4, 0.5) is 0 Å². The molecule has 3 aromatic rings. The number of hydrogen-bond donors (Lipinski definition) is 0. The van der Waals surface area contributed by atoms with Crippen molar-refractivity contribution >= 4 is 68.0 Å². The number of Topliss-reactive ketones (excluding diaryl/α,β-unsaturated/α-hetero) is 1. The van der Waals surface area contributed by atoms with Crippen LogP contribution < -0.4 is 0 Å². The van der Waals surface area contributed by atoms with Gasteiger partial charge >= 0.3 is 0 Å². The number of rotatable bonds is 5.